The van der Waals surface area contributed by atoms with Gasteiger partial charge in [0, 0.05) is 73.5 Å². The molecule has 5 heteroatoms. The minimum atomic E-state index is -0.376. The van der Waals surface area contributed by atoms with E-state index in [0.717, 1.165) is 34.0 Å². The normalized spacial score (nSPS) is 14.2. The molecule has 9 rings (SSSR count). The van der Waals surface area contributed by atoms with Crippen molar-refractivity contribution in [3.05, 3.63) is 203 Å². The van der Waals surface area contributed by atoms with E-state index in [2.05, 4.69) is 262 Å². The summed E-state index contributed by atoms with van der Waals surface area (Å²) in [6.07, 6.45) is 1.96. The molecule has 1 aliphatic rings. The van der Waals surface area contributed by atoms with Crippen LogP contribution in [0.3, 0.4) is 0 Å². The molecule has 0 fully saturated rings. The van der Waals surface area contributed by atoms with E-state index in [0.29, 0.717) is 6.67 Å². The van der Waals surface area contributed by atoms with Crippen molar-refractivity contribution in [1.82, 2.24) is 9.55 Å². The second kappa shape index (κ2) is 16.6. The van der Waals surface area contributed by atoms with Crippen molar-refractivity contribution < 1.29 is 4.74 Å². The van der Waals surface area contributed by atoms with Gasteiger partial charge in [-0.3, -0.25) is 4.57 Å². The average molecular weight is 885 g/mol. The molecule has 1 aliphatic heterocycles. The van der Waals surface area contributed by atoms with Crippen molar-refractivity contribution >= 4 is 33.2 Å². The summed E-state index contributed by atoms with van der Waals surface area (Å²) < 4.78 is 9.51. The van der Waals surface area contributed by atoms with Crippen molar-refractivity contribution in [3.63, 3.8) is 0 Å². The third kappa shape index (κ3) is 8.43. The SMILES string of the molecule is CC(C)(C)C1=C(C(C)(C)C)N(c2cccc(C(C)(C)C)c2)CN1c1cccc(Oc2cc(C(C)(C)c3ccccc3)c3c4ccccc4n(-c4cc(C(C)(C)c5ccccc5)ccn4)c3c2)c1. The largest absolute Gasteiger partial charge is 0.457 e. The number of pyridine rings is 1. The highest BCUT2D eigenvalue weighted by atomic mass is 16.5. The first-order valence-corrected chi connectivity index (χ1v) is 24.0. The molecular formula is C62H68N4O. The number of aromatic nitrogens is 2. The van der Waals surface area contributed by atoms with Gasteiger partial charge in [-0.1, -0.05) is 187 Å². The van der Waals surface area contributed by atoms with Crippen molar-refractivity contribution in [3.8, 4) is 17.3 Å². The van der Waals surface area contributed by atoms with Crippen LogP contribution in [-0.2, 0) is 16.2 Å². The number of hydrogen-bond acceptors (Lipinski definition) is 4. The molecule has 0 radical (unpaired) electrons. The Bertz CT molecular complexity index is 3130. The van der Waals surface area contributed by atoms with Gasteiger partial charge in [0.05, 0.1) is 17.7 Å². The number of para-hydroxylation sites is 1. The Labute approximate surface area is 399 Å². The number of rotatable bonds is 9. The third-order valence-electron chi connectivity index (χ3n) is 14.0. The lowest BCUT2D eigenvalue weighted by Crippen LogP contribution is -2.31. The Morgan fingerprint density at radius 1 is 0.433 bits per heavy atom. The van der Waals surface area contributed by atoms with Gasteiger partial charge in [-0.15, -0.1) is 0 Å². The van der Waals surface area contributed by atoms with Crippen LogP contribution in [-0.4, -0.2) is 16.2 Å². The fourth-order valence-electron chi connectivity index (χ4n) is 10.3. The number of nitrogens with zero attached hydrogens (tertiary/aromatic N) is 4. The molecule has 342 valence electrons. The molecule has 0 saturated heterocycles. The van der Waals surface area contributed by atoms with E-state index in [4.69, 9.17) is 9.72 Å². The smallest absolute Gasteiger partial charge is 0.137 e. The molecule has 0 spiro atoms. The molecule has 0 saturated carbocycles. The molecule has 6 aromatic carbocycles. The molecule has 2 aromatic heterocycles. The van der Waals surface area contributed by atoms with Crippen LogP contribution >= 0.6 is 0 Å². The standard InChI is InChI=1S/C62H68N4O/c1-58(2,3)44-28-22-29-46(36-44)64-41-65(57(60(7,8)9)56(64)59(4,5)6)47-30-23-31-48(38-47)67-49-39-51(62(12,13)43-26-18-15-19-27-43)55-50-32-20-21-33-52(50)66(53(55)40-49)54-37-45(34-35-63-54)61(10,11)42-24-16-14-17-25-42/h14-40H,41H2,1-13H3. The van der Waals surface area contributed by atoms with Crippen LogP contribution in [0.5, 0.6) is 11.5 Å². The zero-order chi connectivity index (χ0) is 47.7. The fourth-order valence-corrected chi connectivity index (χ4v) is 10.3. The van der Waals surface area contributed by atoms with Crippen molar-refractivity contribution in [2.24, 2.45) is 10.8 Å². The predicted octanol–water partition coefficient (Wildman–Crippen LogP) is 16.5. The van der Waals surface area contributed by atoms with Crippen LogP contribution in [0, 0.1) is 10.8 Å². The maximum absolute atomic E-state index is 7.17. The van der Waals surface area contributed by atoms with E-state index >= 15 is 0 Å². The van der Waals surface area contributed by atoms with E-state index < -0.39 is 0 Å². The Balaban J connectivity index is 1.20. The Hall–Kier alpha value is -6.59. The van der Waals surface area contributed by atoms with Gasteiger partial charge < -0.3 is 14.5 Å². The number of fused-ring (bicyclic) bond motifs is 3. The van der Waals surface area contributed by atoms with Crippen molar-refractivity contribution in [1.29, 1.82) is 0 Å². The molecule has 5 nitrogen and oxygen atoms in total. The second-order valence-corrected chi connectivity index (χ2v) is 22.7. The molecular weight excluding hydrogens is 817 g/mol. The summed E-state index contributed by atoms with van der Waals surface area (Å²) in [5.41, 5.74) is 12.5. The van der Waals surface area contributed by atoms with Crippen molar-refractivity contribution in [2.45, 2.75) is 106 Å². The lowest BCUT2D eigenvalue weighted by Gasteiger charge is -2.34. The lowest BCUT2D eigenvalue weighted by molar-refractivity contribution is 0.444. The Morgan fingerprint density at radius 3 is 1.60 bits per heavy atom. The molecule has 8 aromatic rings. The summed E-state index contributed by atoms with van der Waals surface area (Å²) in [6, 6.07) is 57.1. The van der Waals surface area contributed by atoms with E-state index in [9.17, 15) is 0 Å². The first-order chi connectivity index (χ1) is 31.6. The van der Waals surface area contributed by atoms with Crippen LogP contribution in [0.1, 0.15) is 118 Å². The van der Waals surface area contributed by atoms with E-state index in [1.165, 1.54) is 55.7 Å². The quantitative estimate of drug-likeness (QED) is 0.145. The van der Waals surface area contributed by atoms with Gasteiger partial charge in [0.15, 0.2) is 0 Å². The molecule has 3 heterocycles. The number of allylic oxidation sites excluding steroid dienone is 2. The van der Waals surface area contributed by atoms with Crippen LogP contribution in [0.2, 0.25) is 0 Å². The summed E-state index contributed by atoms with van der Waals surface area (Å²) in [4.78, 5) is 10.2. The highest BCUT2D eigenvalue weighted by molar-refractivity contribution is 6.11. The summed E-state index contributed by atoms with van der Waals surface area (Å²) in [5, 5.41) is 2.38. The van der Waals surface area contributed by atoms with Crippen LogP contribution in [0.4, 0.5) is 11.4 Å². The van der Waals surface area contributed by atoms with Crippen LogP contribution in [0.25, 0.3) is 27.6 Å². The monoisotopic (exact) mass is 885 g/mol. The zero-order valence-corrected chi connectivity index (χ0v) is 42.0. The van der Waals surface area contributed by atoms with E-state index in [1.54, 1.807) is 0 Å². The molecule has 0 N–H and O–H groups in total. The van der Waals surface area contributed by atoms with Gasteiger partial charge in [-0.25, -0.2) is 4.98 Å². The topological polar surface area (TPSA) is 33.5 Å². The summed E-state index contributed by atoms with van der Waals surface area (Å²) in [5.74, 6) is 2.43. The fraction of sp³-hybridized carbons (Fsp3) is 0.306. The molecule has 0 bridgehead atoms. The van der Waals surface area contributed by atoms with Crippen LogP contribution in [0.15, 0.2) is 175 Å². The summed E-state index contributed by atoms with van der Waals surface area (Å²) in [7, 11) is 0. The van der Waals surface area contributed by atoms with Gasteiger partial charge in [0.25, 0.3) is 0 Å². The molecule has 0 aliphatic carbocycles. The third-order valence-corrected chi connectivity index (χ3v) is 14.0. The lowest BCUT2D eigenvalue weighted by atomic mass is 9.76. The number of anilines is 2. The van der Waals surface area contributed by atoms with E-state index in [-0.39, 0.29) is 27.1 Å². The number of benzene rings is 6. The Morgan fingerprint density at radius 2 is 0.985 bits per heavy atom. The second-order valence-electron chi connectivity index (χ2n) is 22.7. The van der Waals surface area contributed by atoms with Crippen molar-refractivity contribution in [2.75, 3.05) is 16.5 Å². The first kappa shape index (κ1) is 45.6. The molecule has 0 amide bonds. The number of hydrogen-bond donors (Lipinski definition) is 0. The molecule has 67 heavy (non-hydrogen) atoms. The Kier molecular flexibility index (Phi) is 11.3. The maximum atomic E-state index is 7.17. The predicted molar refractivity (Wildman–Crippen MR) is 283 cm³/mol. The highest BCUT2D eigenvalue weighted by Crippen LogP contribution is 2.49. The highest BCUT2D eigenvalue weighted by Gasteiger charge is 2.42. The van der Waals surface area contributed by atoms with Gasteiger partial charge in [0.2, 0.25) is 0 Å². The van der Waals surface area contributed by atoms with Gasteiger partial charge in [-0.2, -0.15) is 0 Å². The maximum Gasteiger partial charge on any atom is 0.137 e. The average Bonchev–Trinajstić information content (AvgIpc) is 3.88. The summed E-state index contributed by atoms with van der Waals surface area (Å²) in [6.45, 7) is 30.9. The minimum Gasteiger partial charge on any atom is -0.457 e. The van der Waals surface area contributed by atoms with Gasteiger partial charge in [-0.05, 0) is 81.8 Å². The first-order valence-electron chi connectivity index (χ1n) is 24.0. The molecule has 0 atom stereocenters. The number of ether oxygens (including phenoxy) is 1. The van der Waals surface area contributed by atoms with Gasteiger partial charge in [0.1, 0.15) is 17.3 Å². The minimum absolute atomic E-state index is 0.0347. The molecule has 0 unspecified atom stereocenters. The zero-order valence-electron chi connectivity index (χ0n) is 42.0. The van der Waals surface area contributed by atoms with Gasteiger partial charge >= 0.3 is 0 Å². The van der Waals surface area contributed by atoms with E-state index in [1.807, 2.05) is 6.20 Å². The summed E-state index contributed by atoms with van der Waals surface area (Å²) >= 11 is 0. The van der Waals surface area contributed by atoms with Crippen LogP contribution < -0.4 is 14.5 Å².